The maximum atomic E-state index is 11.1. The first-order valence-electron chi connectivity index (χ1n) is 5.89. The monoisotopic (exact) mass is 214 g/mol. The van der Waals surface area contributed by atoms with Gasteiger partial charge >= 0.3 is 6.09 Å². The molecule has 0 radical (unpaired) electrons. The number of hydrogen-bond acceptors (Lipinski definition) is 3. The van der Waals surface area contributed by atoms with Gasteiger partial charge in [0.25, 0.3) is 0 Å². The molecule has 0 spiro atoms. The first-order valence-corrected chi connectivity index (χ1v) is 5.89. The molecule has 4 nitrogen and oxygen atoms in total. The van der Waals surface area contributed by atoms with Gasteiger partial charge in [-0.2, -0.15) is 0 Å². The van der Waals surface area contributed by atoms with Crippen LogP contribution in [-0.2, 0) is 4.74 Å². The number of nitrogens with one attached hydrogen (secondary N) is 1. The lowest BCUT2D eigenvalue weighted by Gasteiger charge is -2.14. The Kier molecular flexibility index (Phi) is 5.47. The molecule has 88 valence electrons. The van der Waals surface area contributed by atoms with Gasteiger partial charge in [0, 0.05) is 12.6 Å². The van der Waals surface area contributed by atoms with Crippen molar-refractivity contribution in [2.45, 2.75) is 39.2 Å². The van der Waals surface area contributed by atoms with Crippen LogP contribution in [0.4, 0.5) is 4.79 Å². The Morgan fingerprint density at radius 2 is 2.33 bits per heavy atom. The van der Waals surface area contributed by atoms with Crippen molar-refractivity contribution in [1.82, 2.24) is 10.2 Å². The van der Waals surface area contributed by atoms with Gasteiger partial charge in [0.2, 0.25) is 0 Å². The number of amides is 1. The Hall–Kier alpha value is -0.770. The van der Waals surface area contributed by atoms with Crippen molar-refractivity contribution in [1.29, 1.82) is 0 Å². The second kappa shape index (κ2) is 6.67. The standard InChI is InChI=1S/C11H22N2O2/c1-3-12-10(2)6-4-5-7-13-8-9-15-11(13)14/h10,12H,3-9H2,1-2H3. The lowest BCUT2D eigenvalue weighted by Crippen LogP contribution is -2.27. The highest BCUT2D eigenvalue weighted by molar-refractivity contribution is 5.69. The predicted octanol–water partition coefficient (Wildman–Crippen LogP) is 1.61. The van der Waals surface area contributed by atoms with Gasteiger partial charge in [-0.3, -0.25) is 0 Å². The molecule has 0 saturated carbocycles. The van der Waals surface area contributed by atoms with E-state index in [1.807, 2.05) is 0 Å². The molecule has 1 fully saturated rings. The van der Waals surface area contributed by atoms with E-state index in [4.69, 9.17) is 4.74 Å². The summed E-state index contributed by atoms with van der Waals surface area (Å²) in [6, 6.07) is 0.584. The van der Waals surface area contributed by atoms with E-state index in [9.17, 15) is 4.79 Å². The van der Waals surface area contributed by atoms with Crippen LogP contribution in [0.15, 0.2) is 0 Å². The minimum Gasteiger partial charge on any atom is -0.448 e. The Morgan fingerprint density at radius 1 is 1.53 bits per heavy atom. The maximum absolute atomic E-state index is 11.1. The largest absolute Gasteiger partial charge is 0.448 e. The van der Waals surface area contributed by atoms with E-state index in [-0.39, 0.29) is 6.09 Å². The summed E-state index contributed by atoms with van der Waals surface area (Å²) in [4.78, 5) is 12.9. The number of rotatable bonds is 7. The van der Waals surface area contributed by atoms with Gasteiger partial charge in [-0.15, -0.1) is 0 Å². The molecule has 4 heteroatoms. The molecule has 0 bridgehead atoms. The second-order valence-corrected chi connectivity index (χ2v) is 4.06. The third-order valence-electron chi connectivity index (χ3n) is 2.71. The number of carbonyl (C=O) groups excluding carboxylic acids is 1. The average molecular weight is 214 g/mol. The summed E-state index contributed by atoms with van der Waals surface area (Å²) in [5.74, 6) is 0. The number of hydrogen-bond donors (Lipinski definition) is 1. The van der Waals surface area contributed by atoms with E-state index < -0.39 is 0 Å². The van der Waals surface area contributed by atoms with E-state index >= 15 is 0 Å². The van der Waals surface area contributed by atoms with Gasteiger partial charge in [0.15, 0.2) is 0 Å². The van der Waals surface area contributed by atoms with Crippen LogP contribution in [0.2, 0.25) is 0 Å². The van der Waals surface area contributed by atoms with Crippen molar-refractivity contribution < 1.29 is 9.53 Å². The van der Waals surface area contributed by atoms with Crippen molar-refractivity contribution in [2.75, 3.05) is 26.2 Å². The fourth-order valence-corrected chi connectivity index (χ4v) is 1.83. The first kappa shape index (κ1) is 12.3. The van der Waals surface area contributed by atoms with Crippen LogP contribution < -0.4 is 5.32 Å². The molecule has 0 aromatic heterocycles. The fourth-order valence-electron chi connectivity index (χ4n) is 1.83. The summed E-state index contributed by atoms with van der Waals surface area (Å²) in [6.45, 7) is 7.52. The maximum Gasteiger partial charge on any atom is 0.409 e. The lowest BCUT2D eigenvalue weighted by molar-refractivity contribution is 0.158. The minimum absolute atomic E-state index is 0.144. The van der Waals surface area contributed by atoms with Crippen molar-refractivity contribution in [3.8, 4) is 0 Å². The van der Waals surface area contributed by atoms with E-state index in [1.165, 1.54) is 6.42 Å². The van der Waals surface area contributed by atoms with Crippen LogP contribution in [0.1, 0.15) is 33.1 Å². The SMILES string of the molecule is CCNC(C)CCCCN1CCOC1=O. The van der Waals surface area contributed by atoms with Crippen LogP contribution >= 0.6 is 0 Å². The fraction of sp³-hybridized carbons (Fsp3) is 0.909. The molecule has 1 aliphatic rings. The molecule has 0 aromatic rings. The topological polar surface area (TPSA) is 41.6 Å². The molecule has 1 unspecified atom stereocenters. The Bertz CT molecular complexity index is 197. The van der Waals surface area contributed by atoms with Crippen LogP contribution in [0.25, 0.3) is 0 Å². The third kappa shape index (κ3) is 4.51. The Morgan fingerprint density at radius 3 is 2.93 bits per heavy atom. The van der Waals surface area contributed by atoms with Crippen molar-refractivity contribution >= 4 is 6.09 Å². The number of ether oxygens (including phenoxy) is 1. The van der Waals surface area contributed by atoms with Crippen molar-refractivity contribution in [3.63, 3.8) is 0 Å². The molecular weight excluding hydrogens is 192 g/mol. The summed E-state index contributed by atoms with van der Waals surface area (Å²) in [7, 11) is 0. The first-order chi connectivity index (χ1) is 7.24. The van der Waals surface area contributed by atoms with Crippen LogP contribution in [0, 0.1) is 0 Å². The number of carbonyl (C=O) groups is 1. The summed E-state index contributed by atoms with van der Waals surface area (Å²) in [5, 5.41) is 3.38. The zero-order valence-corrected chi connectivity index (χ0v) is 9.79. The third-order valence-corrected chi connectivity index (χ3v) is 2.71. The number of nitrogens with zero attached hydrogens (tertiary/aromatic N) is 1. The van der Waals surface area contributed by atoms with Crippen molar-refractivity contribution in [2.24, 2.45) is 0 Å². The highest BCUT2D eigenvalue weighted by atomic mass is 16.6. The van der Waals surface area contributed by atoms with E-state index in [0.717, 1.165) is 32.5 Å². The molecular formula is C11H22N2O2. The lowest BCUT2D eigenvalue weighted by atomic mass is 10.1. The molecule has 0 aromatic carbocycles. The summed E-state index contributed by atoms with van der Waals surface area (Å²) in [6.07, 6.45) is 3.27. The normalized spacial score (nSPS) is 18.0. The predicted molar refractivity (Wildman–Crippen MR) is 59.9 cm³/mol. The summed E-state index contributed by atoms with van der Waals surface area (Å²) >= 11 is 0. The highest BCUT2D eigenvalue weighted by Gasteiger charge is 2.20. The van der Waals surface area contributed by atoms with Crippen molar-refractivity contribution in [3.05, 3.63) is 0 Å². The minimum atomic E-state index is -0.144. The van der Waals surface area contributed by atoms with Gasteiger partial charge in [-0.1, -0.05) is 13.3 Å². The van der Waals surface area contributed by atoms with E-state index in [2.05, 4.69) is 19.2 Å². The average Bonchev–Trinajstić information content (AvgIpc) is 2.60. The van der Waals surface area contributed by atoms with Crippen LogP contribution in [0.3, 0.4) is 0 Å². The molecule has 1 aliphatic heterocycles. The number of unbranched alkanes of at least 4 members (excludes halogenated alkanes) is 1. The molecule has 15 heavy (non-hydrogen) atoms. The van der Waals surface area contributed by atoms with Crippen LogP contribution in [-0.4, -0.2) is 43.3 Å². The summed E-state index contributed by atoms with van der Waals surface area (Å²) < 4.78 is 4.86. The Labute approximate surface area is 92.0 Å². The van der Waals surface area contributed by atoms with Gasteiger partial charge in [-0.25, -0.2) is 4.79 Å². The van der Waals surface area contributed by atoms with E-state index in [1.54, 1.807) is 4.90 Å². The summed E-state index contributed by atoms with van der Waals surface area (Å²) in [5.41, 5.74) is 0. The van der Waals surface area contributed by atoms with Gasteiger partial charge in [0.1, 0.15) is 6.61 Å². The second-order valence-electron chi connectivity index (χ2n) is 4.06. The zero-order chi connectivity index (χ0) is 11.1. The molecule has 1 N–H and O–H groups in total. The molecule has 1 heterocycles. The van der Waals surface area contributed by atoms with Gasteiger partial charge in [-0.05, 0) is 26.3 Å². The number of cyclic esters (lactones) is 1. The Balaban J connectivity index is 1.99. The molecule has 1 rings (SSSR count). The molecule has 1 amide bonds. The zero-order valence-electron chi connectivity index (χ0n) is 9.79. The van der Waals surface area contributed by atoms with E-state index in [0.29, 0.717) is 12.6 Å². The molecule has 1 saturated heterocycles. The molecule has 1 atom stereocenters. The van der Waals surface area contributed by atoms with Gasteiger partial charge < -0.3 is 15.0 Å². The smallest absolute Gasteiger partial charge is 0.409 e. The highest BCUT2D eigenvalue weighted by Crippen LogP contribution is 2.07. The van der Waals surface area contributed by atoms with Gasteiger partial charge in [0.05, 0.1) is 6.54 Å². The van der Waals surface area contributed by atoms with Crippen LogP contribution in [0.5, 0.6) is 0 Å². The molecule has 0 aliphatic carbocycles. The quantitative estimate of drug-likeness (QED) is 0.655.